The molecule has 5 heteroatoms. The Morgan fingerprint density at radius 2 is 2.10 bits per heavy atom. The van der Waals surface area contributed by atoms with E-state index in [9.17, 15) is 9.90 Å². The van der Waals surface area contributed by atoms with E-state index in [1.807, 2.05) is 13.8 Å². The van der Waals surface area contributed by atoms with E-state index in [1.54, 1.807) is 0 Å². The van der Waals surface area contributed by atoms with E-state index in [4.69, 9.17) is 9.57 Å². The zero-order chi connectivity index (χ0) is 14.6. The molecule has 1 saturated carbocycles. The van der Waals surface area contributed by atoms with Crippen molar-refractivity contribution in [1.82, 2.24) is 0 Å². The van der Waals surface area contributed by atoms with Crippen molar-refractivity contribution in [2.75, 3.05) is 6.61 Å². The number of nitrogens with zero attached hydrogens (tertiary/aromatic N) is 1. The standard InChI is InChI=1S/C15H23NO4/c1-3-7-11(16-19-4-2)13-12(17)10-15(20-14(13)18)8-5-6-9-15/h17H,3-10H2,1-2H3. The zero-order valence-corrected chi connectivity index (χ0v) is 12.3. The molecule has 1 N–H and O–H groups in total. The van der Waals surface area contributed by atoms with E-state index in [0.29, 0.717) is 25.2 Å². The van der Waals surface area contributed by atoms with E-state index in [-0.39, 0.29) is 11.3 Å². The van der Waals surface area contributed by atoms with Crippen LogP contribution in [0.2, 0.25) is 0 Å². The number of carbonyl (C=O) groups is 1. The first-order chi connectivity index (χ1) is 9.62. The third kappa shape index (κ3) is 2.97. The number of rotatable bonds is 5. The third-order valence-electron chi connectivity index (χ3n) is 3.89. The minimum absolute atomic E-state index is 0.107. The Kier molecular flexibility index (Phi) is 4.68. The Balaban J connectivity index is 2.26. The summed E-state index contributed by atoms with van der Waals surface area (Å²) in [6, 6.07) is 0. The molecule has 1 spiro atoms. The van der Waals surface area contributed by atoms with Crippen LogP contribution in [0.5, 0.6) is 0 Å². The van der Waals surface area contributed by atoms with Gasteiger partial charge in [-0.25, -0.2) is 4.79 Å². The molecular formula is C15H23NO4. The highest BCUT2D eigenvalue weighted by Crippen LogP contribution is 2.42. The number of aliphatic hydroxyl groups is 1. The number of ether oxygens (including phenoxy) is 1. The number of aliphatic hydroxyl groups excluding tert-OH is 1. The van der Waals surface area contributed by atoms with E-state index in [1.165, 1.54) is 0 Å². The summed E-state index contributed by atoms with van der Waals surface area (Å²) in [7, 11) is 0. The van der Waals surface area contributed by atoms with Crippen molar-refractivity contribution in [1.29, 1.82) is 0 Å². The van der Waals surface area contributed by atoms with Crippen molar-refractivity contribution >= 4 is 11.7 Å². The van der Waals surface area contributed by atoms with Crippen LogP contribution < -0.4 is 0 Å². The highest BCUT2D eigenvalue weighted by Gasteiger charge is 2.44. The molecule has 0 amide bonds. The van der Waals surface area contributed by atoms with Crippen LogP contribution in [0.15, 0.2) is 16.5 Å². The van der Waals surface area contributed by atoms with Gasteiger partial charge in [-0.15, -0.1) is 0 Å². The Morgan fingerprint density at radius 1 is 1.40 bits per heavy atom. The van der Waals surface area contributed by atoms with Gasteiger partial charge in [0.05, 0.1) is 5.71 Å². The van der Waals surface area contributed by atoms with Gasteiger partial charge in [0.15, 0.2) is 0 Å². The Bertz CT molecular complexity index is 433. The Hall–Kier alpha value is -1.52. The molecule has 0 unspecified atom stereocenters. The minimum atomic E-state index is -0.479. The van der Waals surface area contributed by atoms with Gasteiger partial charge in [-0.3, -0.25) is 0 Å². The second kappa shape index (κ2) is 6.29. The van der Waals surface area contributed by atoms with Crippen molar-refractivity contribution in [3.05, 3.63) is 11.3 Å². The third-order valence-corrected chi connectivity index (χ3v) is 3.89. The van der Waals surface area contributed by atoms with Gasteiger partial charge in [-0.1, -0.05) is 18.5 Å². The van der Waals surface area contributed by atoms with Crippen LogP contribution in [-0.4, -0.2) is 29.0 Å². The van der Waals surface area contributed by atoms with Gasteiger partial charge < -0.3 is 14.7 Å². The monoisotopic (exact) mass is 281 g/mol. The van der Waals surface area contributed by atoms with E-state index < -0.39 is 11.6 Å². The first-order valence-electron chi connectivity index (χ1n) is 7.46. The van der Waals surface area contributed by atoms with Crippen molar-refractivity contribution in [2.45, 2.75) is 64.4 Å². The Labute approximate surface area is 119 Å². The lowest BCUT2D eigenvalue weighted by molar-refractivity contribution is -0.157. The molecule has 0 radical (unpaired) electrons. The van der Waals surface area contributed by atoms with Gasteiger partial charge in [0.1, 0.15) is 23.5 Å². The molecule has 5 nitrogen and oxygen atoms in total. The molecule has 2 aliphatic rings. The van der Waals surface area contributed by atoms with Gasteiger partial charge >= 0.3 is 5.97 Å². The van der Waals surface area contributed by atoms with Crippen molar-refractivity contribution in [2.24, 2.45) is 5.16 Å². The average molecular weight is 281 g/mol. The second-order valence-electron chi connectivity index (χ2n) is 5.48. The summed E-state index contributed by atoms with van der Waals surface area (Å²) in [6.45, 7) is 4.25. The maximum absolute atomic E-state index is 12.3. The van der Waals surface area contributed by atoms with Gasteiger partial charge in [0.2, 0.25) is 0 Å². The molecular weight excluding hydrogens is 258 g/mol. The topological polar surface area (TPSA) is 68.1 Å². The van der Waals surface area contributed by atoms with Crippen molar-refractivity contribution in [3.63, 3.8) is 0 Å². The lowest BCUT2D eigenvalue weighted by atomic mass is 9.90. The van der Waals surface area contributed by atoms with Crippen LogP contribution in [0, 0.1) is 0 Å². The fourth-order valence-corrected chi connectivity index (χ4v) is 2.97. The van der Waals surface area contributed by atoms with E-state index >= 15 is 0 Å². The molecule has 112 valence electrons. The van der Waals surface area contributed by atoms with E-state index in [0.717, 1.165) is 32.1 Å². The number of hydrogen-bond acceptors (Lipinski definition) is 5. The summed E-state index contributed by atoms with van der Waals surface area (Å²) < 4.78 is 5.63. The molecule has 0 bridgehead atoms. The van der Waals surface area contributed by atoms with Crippen LogP contribution in [0.4, 0.5) is 0 Å². The molecule has 1 fully saturated rings. The average Bonchev–Trinajstić information content (AvgIpc) is 2.82. The predicted octanol–water partition coefficient (Wildman–Crippen LogP) is 3.25. The fourth-order valence-electron chi connectivity index (χ4n) is 2.97. The minimum Gasteiger partial charge on any atom is -0.511 e. The van der Waals surface area contributed by atoms with Crippen molar-refractivity contribution < 1.29 is 19.5 Å². The number of esters is 1. The molecule has 1 aliphatic heterocycles. The molecule has 1 heterocycles. The summed E-state index contributed by atoms with van der Waals surface area (Å²) in [5.41, 5.74) is 0.218. The smallest absolute Gasteiger partial charge is 0.344 e. The summed E-state index contributed by atoms with van der Waals surface area (Å²) >= 11 is 0. The molecule has 20 heavy (non-hydrogen) atoms. The summed E-state index contributed by atoms with van der Waals surface area (Å²) in [5.74, 6) is -0.349. The van der Waals surface area contributed by atoms with Gasteiger partial charge in [-0.05, 0) is 39.0 Å². The van der Waals surface area contributed by atoms with Crippen LogP contribution >= 0.6 is 0 Å². The SMILES string of the molecule is CCCC(=NOCC)C1=C(O)CC2(CCCC2)OC1=O. The largest absolute Gasteiger partial charge is 0.511 e. The predicted molar refractivity (Wildman–Crippen MR) is 75.5 cm³/mol. The van der Waals surface area contributed by atoms with Crippen LogP contribution in [0.25, 0.3) is 0 Å². The number of carbonyl (C=O) groups excluding carboxylic acids is 1. The normalized spacial score (nSPS) is 22.3. The maximum Gasteiger partial charge on any atom is 0.344 e. The first kappa shape index (κ1) is 14.9. The van der Waals surface area contributed by atoms with Crippen LogP contribution in [0.3, 0.4) is 0 Å². The van der Waals surface area contributed by atoms with Crippen LogP contribution in [-0.2, 0) is 14.4 Å². The molecule has 2 rings (SSSR count). The Morgan fingerprint density at radius 3 is 2.65 bits per heavy atom. The molecule has 0 saturated heterocycles. The second-order valence-corrected chi connectivity index (χ2v) is 5.48. The summed E-state index contributed by atoms with van der Waals surface area (Å²) in [5, 5.41) is 14.3. The highest BCUT2D eigenvalue weighted by atomic mass is 16.6. The van der Waals surface area contributed by atoms with Gasteiger partial charge in [0, 0.05) is 6.42 Å². The molecule has 0 aromatic heterocycles. The molecule has 0 aromatic carbocycles. The molecule has 1 aliphatic carbocycles. The first-order valence-corrected chi connectivity index (χ1v) is 7.46. The van der Waals surface area contributed by atoms with Gasteiger partial charge in [-0.2, -0.15) is 0 Å². The zero-order valence-electron chi connectivity index (χ0n) is 12.3. The fraction of sp³-hybridized carbons (Fsp3) is 0.733. The van der Waals surface area contributed by atoms with Crippen molar-refractivity contribution in [3.8, 4) is 0 Å². The van der Waals surface area contributed by atoms with Crippen LogP contribution in [0.1, 0.15) is 58.8 Å². The maximum atomic E-state index is 12.3. The molecule has 0 atom stereocenters. The van der Waals surface area contributed by atoms with E-state index in [2.05, 4.69) is 5.16 Å². The number of oxime groups is 1. The lowest BCUT2D eigenvalue weighted by Gasteiger charge is -2.33. The molecule has 0 aromatic rings. The summed E-state index contributed by atoms with van der Waals surface area (Å²) in [4.78, 5) is 17.3. The number of hydrogen-bond donors (Lipinski definition) is 1. The highest BCUT2D eigenvalue weighted by molar-refractivity contribution is 6.20. The lowest BCUT2D eigenvalue weighted by Crippen LogP contribution is -2.39. The van der Waals surface area contributed by atoms with Gasteiger partial charge in [0.25, 0.3) is 0 Å². The quantitative estimate of drug-likeness (QED) is 0.477. The summed E-state index contributed by atoms with van der Waals surface area (Å²) in [6.07, 6.45) is 5.57.